The first-order valence-electron chi connectivity index (χ1n) is 8.74. The largest absolute Gasteiger partial charge is 0.344 e. The van der Waals surface area contributed by atoms with Gasteiger partial charge in [0.25, 0.3) is 0 Å². The molecule has 124 valence electrons. The Morgan fingerprint density at radius 3 is 2.35 bits per heavy atom. The van der Waals surface area contributed by atoms with Gasteiger partial charge >= 0.3 is 0 Å². The highest BCUT2D eigenvalue weighted by Gasteiger charge is 2.35. The highest BCUT2D eigenvalue weighted by molar-refractivity contribution is 6.01. The quantitative estimate of drug-likeness (QED) is 0.932. The lowest BCUT2D eigenvalue weighted by Crippen LogP contribution is -2.44. The lowest BCUT2D eigenvalue weighted by Gasteiger charge is -2.23. The molecule has 2 aliphatic rings. The summed E-state index contributed by atoms with van der Waals surface area (Å²) in [5.74, 6) is 0.205. The van der Waals surface area contributed by atoms with Gasteiger partial charge in [0.1, 0.15) is 6.04 Å². The third kappa shape index (κ3) is 3.57. The van der Waals surface area contributed by atoms with Gasteiger partial charge in [-0.2, -0.15) is 0 Å². The molecule has 1 aromatic rings. The van der Waals surface area contributed by atoms with Crippen LogP contribution in [-0.2, 0) is 9.59 Å². The van der Waals surface area contributed by atoms with Crippen molar-refractivity contribution >= 4 is 17.5 Å². The van der Waals surface area contributed by atoms with E-state index in [0.29, 0.717) is 13.0 Å². The molecular formula is C19H26N2O2. The average Bonchev–Trinajstić information content (AvgIpc) is 2.88. The summed E-state index contributed by atoms with van der Waals surface area (Å²) in [7, 11) is 0. The van der Waals surface area contributed by atoms with Crippen LogP contribution in [0.1, 0.15) is 49.7 Å². The molecule has 1 saturated carbocycles. The first-order chi connectivity index (χ1) is 11.0. The number of carbonyl (C=O) groups is 2. The molecule has 4 heteroatoms. The van der Waals surface area contributed by atoms with Crippen LogP contribution in [0.5, 0.6) is 0 Å². The Morgan fingerprint density at radius 1 is 1.04 bits per heavy atom. The van der Waals surface area contributed by atoms with Gasteiger partial charge in [0.2, 0.25) is 11.8 Å². The van der Waals surface area contributed by atoms with Gasteiger partial charge in [0.15, 0.2) is 0 Å². The number of anilines is 1. The van der Waals surface area contributed by atoms with Gasteiger partial charge in [-0.25, -0.2) is 0 Å². The maximum atomic E-state index is 12.7. The molecule has 1 aromatic carbocycles. The molecule has 0 bridgehead atoms. The van der Waals surface area contributed by atoms with Gasteiger partial charge < -0.3 is 10.2 Å². The monoisotopic (exact) mass is 314 g/mol. The maximum absolute atomic E-state index is 12.7. The van der Waals surface area contributed by atoms with Crippen molar-refractivity contribution in [1.82, 2.24) is 5.32 Å². The number of benzene rings is 1. The Hall–Kier alpha value is -1.84. The number of nitrogens with one attached hydrogen (secondary N) is 1. The standard InChI is InChI=1S/C19H26N2O2/c1-13-10-14(2)12-16(11-13)21-9-8-17(19(21)23)20-18(22)15-6-4-3-5-7-15/h10-12,15,17H,3-9H2,1-2H3,(H,20,22)/t17-/m1/s1. The molecule has 2 amide bonds. The number of nitrogens with zero attached hydrogens (tertiary/aromatic N) is 1. The Labute approximate surface area is 138 Å². The molecule has 3 rings (SSSR count). The first-order valence-corrected chi connectivity index (χ1v) is 8.74. The van der Waals surface area contributed by atoms with Gasteiger partial charge in [-0.1, -0.05) is 25.3 Å². The van der Waals surface area contributed by atoms with Crippen molar-refractivity contribution < 1.29 is 9.59 Å². The van der Waals surface area contributed by atoms with Crippen molar-refractivity contribution in [2.45, 2.75) is 58.4 Å². The maximum Gasteiger partial charge on any atom is 0.249 e. The van der Waals surface area contributed by atoms with Gasteiger partial charge in [0, 0.05) is 18.2 Å². The molecule has 4 nitrogen and oxygen atoms in total. The van der Waals surface area contributed by atoms with Crippen LogP contribution in [0.15, 0.2) is 18.2 Å². The summed E-state index contributed by atoms with van der Waals surface area (Å²) in [6, 6.07) is 5.82. The number of hydrogen-bond acceptors (Lipinski definition) is 2. The van der Waals surface area contributed by atoms with Crippen molar-refractivity contribution in [3.63, 3.8) is 0 Å². The normalized spacial score (nSPS) is 22.4. The second-order valence-electron chi connectivity index (χ2n) is 7.02. The highest BCUT2D eigenvalue weighted by Crippen LogP contribution is 2.26. The molecule has 0 radical (unpaired) electrons. The van der Waals surface area contributed by atoms with E-state index < -0.39 is 0 Å². The molecule has 2 fully saturated rings. The fraction of sp³-hybridized carbons (Fsp3) is 0.579. The van der Waals surface area contributed by atoms with Crippen LogP contribution in [0.3, 0.4) is 0 Å². The predicted molar refractivity (Wildman–Crippen MR) is 91.4 cm³/mol. The summed E-state index contributed by atoms with van der Waals surface area (Å²) < 4.78 is 0. The molecular weight excluding hydrogens is 288 g/mol. The van der Waals surface area contributed by atoms with Crippen LogP contribution in [-0.4, -0.2) is 24.4 Å². The minimum absolute atomic E-state index is 0.0270. The second-order valence-corrected chi connectivity index (χ2v) is 7.02. The zero-order valence-corrected chi connectivity index (χ0v) is 14.1. The van der Waals surface area contributed by atoms with Crippen LogP contribution in [0, 0.1) is 19.8 Å². The first kappa shape index (κ1) is 16.0. The smallest absolute Gasteiger partial charge is 0.249 e. The third-order valence-corrected chi connectivity index (χ3v) is 5.02. The van der Waals surface area contributed by atoms with E-state index in [-0.39, 0.29) is 23.8 Å². The fourth-order valence-corrected chi connectivity index (χ4v) is 3.83. The zero-order valence-electron chi connectivity index (χ0n) is 14.1. The van der Waals surface area contributed by atoms with E-state index in [2.05, 4.69) is 11.4 Å². The van der Waals surface area contributed by atoms with Crippen molar-refractivity contribution in [2.75, 3.05) is 11.4 Å². The molecule has 1 saturated heterocycles. The Morgan fingerprint density at radius 2 is 1.70 bits per heavy atom. The summed E-state index contributed by atoms with van der Waals surface area (Å²) >= 11 is 0. The van der Waals surface area contributed by atoms with E-state index in [1.54, 1.807) is 0 Å². The molecule has 1 heterocycles. The molecule has 23 heavy (non-hydrogen) atoms. The minimum Gasteiger partial charge on any atom is -0.344 e. The SMILES string of the molecule is Cc1cc(C)cc(N2CC[C@@H](NC(=O)C3CCCCC3)C2=O)c1. The lowest BCUT2D eigenvalue weighted by atomic mass is 9.88. The van der Waals surface area contributed by atoms with Gasteiger partial charge in [-0.15, -0.1) is 0 Å². The van der Waals surface area contributed by atoms with E-state index in [4.69, 9.17) is 0 Å². The van der Waals surface area contributed by atoms with Crippen molar-refractivity contribution in [3.05, 3.63) is 29.3 Å². The third-order valence-electron chi connectivity index (χ3n) is 5.02. The molecule has 1 N–H and O–H groups in total. The van der Waals surface area contributed by atoms with E-state index in [0.717, 1.165) is 42.5 Å². The average molecular weight is 314 g/mol. The predicted octanol–water partition coefficient (Wildman–Crippen LogP) is 3.11. The highest BCUT2D eigenvalue weighted by atomic mass is 16.2. The number of rotatable bonds is 3. The van der Waals surface area contributed by atoms with Crippen LogP contribution in [0.25, 0.3) is 0 Å². The van der Waals surface area contributed by atoms with Crippen LogP contribution in [0.2, 0.25) is 0 Å². The number of hydrogen-bond donors (Lipinski definition) is 1. The molecule has 1 aliphatic carbocycles. The van der Waals surface area contributed by atoms with E-state index in [9.17, 15) is 9.59 Å². The molecule has 0 aromatic heterocycles. The Balaban J connectivity index is 1.65. The second kappa shape index (κ2) is 6.73. The van der Waals surface area contributed by atoms with Crippen LogP contribution < -0.4 is 10.2 Å². The summed E-state index contributed by atoms with van der Waals surface area (Å²) in [4.78, 5) is 26.8. The Kier molecular flexibility index (Phi) is 4.69. The van der Waals surface area contributed by atoms with Crippen molar-refractivity contribution in [3.8, 4) is 0 Å². The summed E-state index contributed by atoms with van der Waals surface area (Å²) in [5, 5.41) is 3.00. The molecule has 0 spiro atoms. The van der Waals surface area contributed by atoms with Gasteiger partial charge in [-0.3, -0.25) is 9.59 Å². The molecule has 1 atom stereocenters. The fourth-order valence-electron chi connectivity index (χ4n) is 3.83. The summed E-state index contributed by atoms with van der Waals surface area (Å²) in [6.45, 7) is 4.76. The van der Waals surface area contributed by atoms with Gasteiger partial charge in [0.05, 0.1) is 0 Å². The number of amides is 2. The zero-order chi connectivity index (χ0) is 16.4. The lowest BCUT2D eigenvalue weighted by molar-refractivity contribution is -0.129. The minimum atomic E-state index is -0.356. The van der Waals surface area contributed by atoms with E-state index in [1.165, 1.54) is 6.42 Å². The van der Waals surface area contributed by atoms with E-state index in [1.807, 2.05) is 30.9 Å². The number of carbonyl (C=O) groups excluding carboxylic acids is 2. The number of aryl methyl sites for hydroxylation is 2. The van der Waals surface area contributed by atoms with Crippen LogP contribution >= 0.6 is 0 Å². The Bertz CT molecular complexity index is 585. The van der Waals surface area contributed by atoms with Crippen molar-refractivity contribution in [1.29, 1.82) is 0 Å². The molecule has 1 aliphatic heterocycles. The van der Waals surface area contributed by atoms with Gasteiger partial charge in [-0.05, 0) is 56.4 Å². The van der Waals surface area contributed by atoms with Crippen LogP contribution in [0.4, 0.5) is 5.69 Å². The molecule has 0 unspecified atom stereocenters. The summed E-state index contributed by atoms with van der Waals surface area (Å²) in [5.41, 5.74) is 3.26. The van der Waals surface area contributed by atoms with E-state index >= 15 is 0 Å². The summed E-state index contributed by atoms with van der Waals surface area (Å²) in [6.07, 6.45) is 6.12. The topological polar surface area (TPSA) is 49.4 Å². The van der Waals surface area contributed by atoms with Crippen molar-refractivity contribution in [2.24, 2.45) is 5.92 Å².